The fraction of sp³-hybridized carbons (Fsp3) is 0.238. The summed E-state index contributed by atoms with van der Waals surface area (Å²) in [5.41, 5.74) is 6.42. The Morgan fingerprint density at radius 3 is 2.29 bits per heavy atom. The second-order valence-corrected chi connectivity index (χ2v) is 5.93. The Balaban J connectivity index is 2.29. The SMILES string of the molecule is C/C(=C\C=C/C(C)C)c1cccc(-c2cccc(C)c2)c1. The van der Waals surface area contributed by atoms with Gasteiger partial charge in [0.2, 0.25) is 0 Å². The van der Waals surface area contributed by atoms with E-state index in [1.165, 1.54) is 27.8 Å². The van der Waals surface area contributed by atoms with E-state index in [1.54, 1.807) is 0 Å². The van der Waals surface area contributed by atoms with Crippen LogP contribution >= 0.6 is 0 Å². The molecule has 2 rings (SSSR count). The maximum atomic E-state index is 2.27. The molecule has 0 aliphatic heterocycles. The van der Waals surface area contributed by atoms with Crippen LogP contribution in [-0.4, -0.2) is 0 Å². The van der Waals surface area contributed by atoms with E-state index >= 15 is 0 Å². The van der Waals surface area contributed by atoms with Crippen LogP contribution in [0.4, 0.5) is 0 Å². The van der Waals surface area contributed by atoms with E-state index < -0.39 is 0 Å². The van der Waals surface area contributed by atoms with Gasteiger partial charge < -0.3 is 0 Å². The van der Waals surface area contributed by atoms with Crippen molar-refractivity contribution >= 4 is 5.57 Å². The van der Waals surface area contributed by atoms with E-state index in [-0.39, 0.29) is 0 Å². The summed E-state index contributed by atoms with van der Waals surface area (Å²) in [5, 5.41) is 0. The molecule has 0 aromatic heterocycles. The molecule has 2 aromatic rings. The van der Waals surface area contributed by atoms with E-state index in [4.69, 9.17) is 0 Å². The van der Waals surface area contributed by atoms with Crippen LogP contribution < -0.4 is 0 Å². The van der Waals surface area contributed by atoms with Crippen molar-refractivity contribution in [1.29, 1.82) is 0 Å². The van der Waals surface area contributed by atoms with Crippen LogP contribution in [0, 0.1) is 12.8 Å². The summed E-state index contributed by atoms with van der Waals surface area (Å²) in [4.78, 5) is 0. The first-order valence-corrected chi connectivity index (χ1v) is 7.59. The van der Waals surface area contributed by atoms with Gasteiger partial charge in [-0.05, 0) is 48.1 Å². The smallest absolute Gasteiger partial charge is 0.0178 e. The zero-order valence-corrected chi connectivity index (χ0v) is 13.4. The molecule has 0 atom stereocenters. The van der Waals surface area contributed by atoms with Crippen molar-refractivity contribution in [2.45, 2.75) is 27.7 Å². The molecule has 0 radical (unpaired) electrons. The van der Waals surface area contributed by atoms with E-state index in [0.717, 1.165) is 0 Å². The highest BCUT2D eigenvalue weighted by molar-refractivity contribution is 5.72. The summed E-state index contributed by atoms with van der Waals surface area (Å²) in [5.74, 6) is 0.590. The Labute approximate surface area is 128 Å². The van der Waals surface area contributed by atoms with Crippen LogP contribution in [0.3, 0.4) is 0 Å². The molecule has 0 nitrogen and oxygen atoms in total. The van der Waals surface area contributed by atoms with Crippen molar-refractivity contribution in [3.8, 4) is 11.1 Å². The van der Waals surface area contributed by atoms with Gasteiger partial charge in [-0.2, -0.15) is 0 Å². The van der Waals surface area contributed by atoms with Gasteiger partial charge in [0, 0.05) is 0 Å². The molecule has 2 aromatic carbocycles. The molecule has 0 heterocycles. The summed E-state index contributed by atoms with van der Waals surface area (Å²) in [7, 11) is 0. The first-order chi connectivity index (χ1) is 10.1. The van der Waals surface area contributed by atoms with Crippen molar-refractivity contribution in [1.82, 2.24) is 0 Å². The van der Waals surface area contributed by atoms with Gasteiger partial charge in [0.25, 0.3) is 0 Å². The highest BCUT2D eigenvalue weighted by Crippen LogP contribution is 2.24. The summed E-state index contributed by atoms with van der Waals surface area (Å²) >= 11 is 0. The number of aryl methyl sites for hydroxylation is 1. The lowest BCUT2D eigenvalue weighted by molar-refractivity contribution is 0.832. The molecule has 0 N–H and O–H groups in total. The minimum absolute atomic E-state index is 0.590. The molecule has 0 aliphatic rings. The van der Waals surface area contributed by atoms with Crippen molar-refractivity contribution < 1.29 is 0 Å². The van der Waals surface area contributed by atoms with Crippen molar-refractivity contribution in [2.75, 3.05) is 0 Å². The Hall–Kier alpha value is -2.08. The summed E-state index contributed by atoms with van der Waals surface area (Å²) in [6.45, 7) is 8.69. The third kappa shape index (κ3) is 4.46. The highest BCUT2D eigenvalue weighted by atomic mass is 14.1. The summed E-state index contributed by atoms with van der Waals surface area (Å²) in [6.07, 6.45) is 6.56. The van der Waals surface area contributed by atoms with Gasteiger partial charge in [-0.15, -0.1) is 0 Å². The second kappa shape index (κ2) is 7.08. The Kier molecular flexibility index (Phi) is 5.16. The molecule has 0 fully saturated rings. The molecule has 108 valence electrons. The van der Waals surface area contributed by atoms with Crippen LogP contribution in [0.5, 0.6) is 0 Å². The minimum atomic E-state index is 0.590. The fourth-order valence-electron chi connectivity index (χ4n) is 2.29. The molecule has 0 bridgehead atoms. The molecule has 0 amide bonds. The highest BCUT2D eigenvalue weighted by Gasteiger charge is 2.00. The average Bonchev–Trinajstić information content (AvgIpc) is 2.47. The zero-order chi connectivity index (χ0) is 15.2. The quantitative estimate of drug-likeness (QED) is 0.577. The van der Waals surface area contributed by atoms with Crippen LogP contribution in [0.25, 0.3) is 16.7 Å². The first kappa shape index (κ1) is 15.3. The maximum absolute atomic E-state index is 2.27. The van der Waals surface area contributed by atoms with Gasteiger partial charge in [0.1, 0.15) is 0 Å². The average molecular weight is 276 g/mol. The van der Waals surface area contributed by atoms with Crippen molar-refractivity contribution in [3.63, 3.8) is 0 Å². The van der Waals surface area contributed by atoms with Crippen molar-refractivity contribution in [2.24, 2.45) is 5.92 Å². The second-order valence-electron chi connectivity index (χ2n) is 5.93. The maximum Gasteiger partial charge on any atom is -0.0178 e. The van der Waals surface area contributed by atoms with E-state index in [9.17, 15) is 0 Å². The van der Waals surface area contributed by atoms with Crippen LogP contribution in [0.2, 0.25) is 0 Å². The topological polar surface area (TPSA) is 0 Å². The van der Waals surface area contributed by atoms with E-state index in [2.05, 4.69) is 94.5 Å². The molecule has 0 saturated carbocycles. The van der Waals surface area contributed by atoms with Gasteiger partial charge in [-0.25, -0.2) is 0 Å². The van der Waals surface area contributed by atoms with Crippen molar-refractivity contribution in [3.05, 3.63) is 77.9 Å². The molecular formula is C21H24. The van der Waals surface area contributed by atoms with Gasteiger partial charge in [0.05, 0.1) is 0 Å². The minimum Gasteiger partial charge on any atom is -0.0820 e. The van der Waals surface area contributed by atoms with Gasteiger partial charge >= 0.3 is 0 Å². The Morgan fingerprint density at radius 2 is 1.62 bits per heavy atom. The third-order valence-corrected chi connectivity index (χ3v) is 3.51. The number of hydrogen-bond acceptors (Lipinski definition) is 0. The first-order valence-electron chi connectivity index (χ1n) is 7.59. The Morgan fingerprint density at radius 1 is 0.952 bits per heavy atom. The van der Waals surface area contributed by atoms with E-state index in [1.807, 2.05) is 0 Å². The molecule has 0 unspecified atom stereocenters. The third-order valence-electron chi connectivity index (χ3n) is 3.51. The standard InChI is InChI=1S/C21H24/c1-16(2)8-5-10-18(4)19-11-7-13-21(15-19)20-12-6-9-17(3)14-20/h5-16H,1-4H3/b8-5-,18-10+. The van der Waals surface area contributed by atoms with E-state index in [0.29, 0.717) is 5.92 Å². The van der Waals surface area contributed by atoms with Crippen LogP contribution in [0.1, 0.15) is 31.9 Å². The predicted octanol–water partition coefficient (Wildman–Crippen LogP) is 6.28. The lowest BCUT2D eigenvalue weighted by Gasteiger charge is -2.07. The monoisotopic (exact) mass is 276 g/mol. The predicted molar refractivity (Wildman–Crippen MR) is 94.2 cm³/mol. The molecule has 0 heteroatoms. The molecule has 0 saturated heterocycles. The normalized spacial score (nSPS) is 12.3. The van der Waals surface area contributed by atoms with Gasteiger partial charge in [0.15, 0.2) is 0 Å². The number of rotatable bonds is 4. The van der Waals surface area contributed by atoms with Crippen LogP contribution in [0.15, 0.2) is 66.8 Å². The molecule has 0 spiro atoms. The number of hydrogen-bond donors (Lipinski definition) is 0. The fourth-order valence-corrected chi connectivity index (χ4v) is 2.29. The number of benzene rings is 2. The summed E-state index contributed by atoms with van der Waals surface area (Å²) in [6, 6.07) is 17.4. The molecular weight excluding hydrogens is 252 g/mol. The number of allylic oxidation sites excluding steroid dienone is 4. The molecule has 0 aliphatic carbocycles. The Bertz CT molecular complexity index is 657. The van der Waals surface area contributed by atoms with Gasteiger partial charge in [-0.1, -0.05) is 80.1 Å². The van der Waals surface area contributed by atoms with Crippen LogP contribution in [-0.2, 0) is 0 Å². The lowest BCUT2D eigenvalue weighted by atomic mass is 9.98. The largest absolute Gasteiger partial charge is 0.0820 e. The molecule has 21 heavy (non-hydrogen) atoms. The lowest BCUT2D eigenvalue weighted by Crippen LogP contribution is -1.84. The summed E-state index contributed by atoms with van der Waals surface area (Å²) < 4.78 is 0. The van der Waals surface area contributed by atoms with Gasteiger partial charge in [-0.3, -0.25) is 0 Å². The zero-order valence-electron chi connectivity index (χ0n) is 13.4.